The number of hydrogen-bond acceptors (Lipinski definition) is 6. The third-order valence-electron chi connectivity index (χ3n) is 3.53. The van der Waals surface area contributed by atoms with E-state index in [1.165, 1.54) is 18.2 Å². The zero-order valence-electron chi connectivity index (χ0n) is 14.2. The first-order chi connectivity index (χ1) is 11.6. The highest BCUT2D eigenvalue weighted by atomic mass is 16.6. The molecule has 136 valence electrons. The van der Waals surface area contributed by atoms with Gasteiger partial charge in [-0.2, -0.15) is 0 Å². The number of carboxylic acid groups (broad SMARTS) is 1. The Morgan fingerprint density at radius 3 is 2.52 bits per heavy atom. The molecule has 1 fully saturated rings. The lowest BCUT2D eigenvalue weighted by atomic mass is 10.2. The molecule has 0 spiro atoms. The van der Waals surface area contributed by atoms with Gasteiger partial charge in [0.2, 0.25) is 0 Å². The monoisotopic (exact) mass is 352 g/mol. The van der Waals surface area contributed by atoms with Crippen LogP contribution in [0.25, 0.3) is 0 Å². The van der Waals surface area contributed by atoms with E-state index in [4.69, 9.17) is 9.47 Å². The highest BCUT2D eigenvalue weighted by Gasteiger charge is 2.43. The molecule has 1 aliphatic rings. The van der Waals surface area contributed by atoms with Crippen LogP contribution in [0.15, 0.2) is 24.3 Å². The molecule has 2 atom stereocenters. The standard InChI is InChI=1S/C16H20N2O7/c1-16(2,3)25-15(21)17-9-10(8-12(17)14(19)20)24-13-7-5-4-6-11(13)18(22)23/h4-7,10,12H,8-9H2,1-3H3,(H,19,20)/t10?,12-/m1/s1. The van der Waals surface area contributed by atoms with Crippen LogP contribution in [0.3, 0.4) is 0 Å². The Balaban J connectivity index is 2.16. The highest BCUT2D eigenvalue weighted by molar-refractivity contribution is 5.81. The summed E-state index contributed by atoms with van der Waals surface area (Å²) in [6, 6.07) is 4.71. The molecule has 1 saturated heterocycles. The SMILES string of the molecule is CC(C)(C)OC(=O)N1CC(Oc2ccccc2[N+](=O)[O-])C[C@@H]1C(=O)O. The zero-order valence-corrected chi connectivity index (χ0v) is 14.2. The third-order valence-corrected chi connectivity index (χ3v) is 3.53. The molecule has 0 saturated carbocycles. The van der Waals surface area contributed by atoms with Crippen molar-refractivity contribution in [1.82, 2.24) is 4.90 Å². The van der Waals surface area contributed by atoms with Gasteiger partial charge in [-0.25, -0.2) is 9.59 Å². The Labute approximate surface area is 144 Å². The van der Waals surface area contributed by atoms with E-state index in [2.05, 4.69) is 0 Å². The Bertz CT molecular complexity index is 683. The Morgan fingerprint density at radius 1 is 1.32 bits per heavy atom. The fraction of sp³-hybridized carbons (Fsp3) is 0.500. The summed E-state index contributed by atoms with van der Waals surface area (Å²) in [6.07, 6.45) is -1.43. The minimum Gasteiger partial charge on any atom is -0.482 e. The summed E-state index contributed by atoms with van der Waals surface area (Å²) in [5.74, 6) is -1.15. The topological polar surface area (TPSA) is 119 Å². The summed E-state index contributed by atoms with van der Waals surface area (Å²) in [5, 5.41) is 20.4. The van der Waals surface area contributed by atoms with Crippen LogP contribution in [0, 0.1) is 10.1 Å². The minimum atomic E-state index is -1.18. The number of ether oxygens (including phenoxy) is 2. The van der Waals surface area contributed by atoms with Crippen LogP contribution in [0.1, 0.15) is 27.2 Å². The number of rotatable bonds is 4. The molecule has 0 aliphatic carbocycles. The molecule has 1 aromatic carbocycles. The van der Waals surface area contributed by atoms with Crippen molar-refractivity contribution in [2.45, 2.75) is 44.9 Å². The number of nitro benzene ring substituents is 1. The lowest BCUT2D eigenvalue weighted by molar-refractivity contribution is -0.386. The average molecular weight is 352 g/mol. The average Bonchev–Trinajstić information content (AvgIpc) is 2.90. The van der Waals surface area contributed by atoms with Crippen LogP contribution in [-0.2, 0) is 9.53 Å². The lowest BCUT2D eigenvalue weighted by Gasteiger charge is -2.26. The first kappa shape index (κ1) is 18.5. The molecule has 9 heteroatoms. The highest BCUT2D eigenvalue weighted by Crippen LogP contribution is 2.30. The number of carbonyl (C=O) groups excluding carboxylic acids is 1. The molecule has 1 unspecified atom stereocenters. The van der Waals surface area contributed by atoms with E-state index < -0.39 is 34.7 Å². The maximum atomic E-state index is 12.2. The summed E-state index contributed by atoms with van der Waals surface area (Å²) in [6.45, 7) is 5.01. The Morgan fingerprint density at radius 2 is 1.96 bits per heavy atom. The van der Waals surface area contributed by atoms with Crippen molar-refractivity contribution in [2.24, 2.45) is 0 Å². The van der Waals surface area contributed by atoms with Crippen molar-refractivity contribution < 1.29 is 29.1 Å². The molecule has 1 aromatic rings. The number of benzene rings is 1. The van der Waals surface area contributed by atoms with Crippen molar-refractivity contribution >= 4 is 17.7 Å². The smallest absolute Gasteiger partial charge is 0.411 e. The van der Waals surface area contributed by atoms with E-state index in [1.54, 1.807) is 26.8 Å². The van der Waals surface area contributed by atoms with Gasteiger partial charge in [0.1, 0.15) is 17.7 Å². The van der Waals surface area contributed by atoms with Gasteiger partial charge in [0.15, 0.2) is 5.75 Å². The molecular weight excluding hydrogens is 332 g/mol. The summed E-state index contributed by atoms with van der Waals surface area (Å²) >= 11 is 0. The molecule has 1 N–H and O–H groups in total. The largest absolute Gasteiger partial charge is 0.482 e. The van der Waals surface area contributed by atoms with Crippen molar-refractivity contribution in [3.8, 4) is 5.75 Å². The van der Waals surface area contributed by atoms with Crippen LogP contribution in [0.5, 0.6) is 5.75 Å². The van der Waals surface area contributed by atoms with Gasteiger partial charge in [-0.3, -0.25) is 15.0 Å². The predicted octanol–water partition coefficient (Wildman–Crippen LogP) is 2.44. The van der Waals surface area contributed by atoms with Gasteiger partial charge >= 0.3 is 17.7 Å². The number of carbonyl (C=O) groups is 2. The van der Waals surface area contributed by atoms with Gasteiger partial charge in [-0.15, -0.1) is 0 Å². The number of carboxylic acids is 1. The number of hydrogen-bond donors (Lipinski definition) is 1. The first-order valence-corrected chi connectivity index (χ1v) is 7.71. The summed E-state index contributed by atoms with van der Waals surface area (Å²) in [7, 11) is 0. The Hall–Kier alpha value is -2.84. The van der Waals surface area contributed by atoms with E-state index in [0.29, 0.717) is 0 Å². The summed E-state index contributed by atoms with van der Waals surface area (Å²) in [4.78, 5) is 35.2. The van der Waals surface area contributed by atoms with Crippen LogP contribution in [-0.4, -0.2) is 51.3 Å². The normalized spacial score (nSPS) is 20.2. The molecule has 25 heavy (non-hydrogen) atoms. The lowest BCUT2D eigenvalue weighted by Crippen LogP contribution is -2.43. The van der Waals surface area contributed by atoms with E-state index >= 15 is 0 Å². The molecule has 0 bridgehead atoms. The number of nitrogens with zero attached hydrogens (tertiary/aromatic N) is 2. The summed E-state index contributed by atoms with van der Waals surface area (Å²) in [5.41, 5.74) is -0.984. The Kier molecular flexibility index (Phi) is 5.15. The third kappa shape index (κ3) is 4.59. The number of nitro groups is 1. The van der Waals surface area contributed by atoms with Crippen molar-refractivity contribution in [2.75, 3.05) is 6.54 Å². The number of amides is 1. The second kappa shape index (κ2) is 6.96. The van der Waals surface area contributed by atoms with E-state index in [-0.39, 0.29) is 24.4 Å². The molecule has 1 heterocycles. The first-order valence-electron chi connectivity index (χ1n) is 7.71. The van der Waals surface area contributed by atoms with Crippen LogP contribution in [0.4, 0.5) is 10.5 Å². The van der Waals surface area contributed by atoms with Crippen molar-refractivity contribution in [1.29, 1.82) is 0 Å². The van der Waals surface area contributed by atoms with Gasteiger partial charge in [-0.1, -0.05) is 12.1 Å². The fourth-order valence-corrected chi connectivity index (χ4v) is 2.53. The van der Waals surface area contributed by atoms with E-state index in [1.807, 2.05) is 0 Å². The van der Waals surface area contributed by atoms with Crippen molar-refractivity contribution in [3.05, 3.63) is 34.4 Å². The van der Waals surface area contributed by atoms with E-state index in [0.717, 1.165) is 4.90 Å². The predicted molar refractivity (Wildman–Crippen MR) is 86.5 cm³/mol. The number of para-hydroxylation sites is 2. The fourth-order valence-electron chi connectivity index (χ4n) is 2.53. The van der Waals surface area contributed by atoms with E-state index in [9.17, 15) is 24.8 Å². The molecule has 1 aliphatic heterocycles. The van der Waals surface area contributed by atoms with Gasteiger partial charge < -0.3 is 14.6 Å². The maximum absolute atomic E-state index is 12.2. The molecule has 0 radical (unpaired) electrons. The molecular formula is C16H20N2O7. The quantitative estimate of drug-likeness (QED) is 0.653. The van der Waals surface area contributed by atoms with Gasteiger partial charge in [0.05, 0.1) is 11.5 Å². The van der Waals surface area contributed by atoms with Crippen LogP contribution in [0.2, 0.25) is 0 Å². The molecule has 2 rings (SSSR count). The molecule has 9 nitrogen and oxygen atoms in total. The number of likely N-dealkylation sites (tertiary alicyclic amines) is 1. The second-order valence-corrected chi connectivity index (χ2v) is 6.69. The number of aliphatic carboxylic acids is 1. The second-order valence-electron chi connectivity index (χ2n) is 6.69. The zero-order chi connectivity index (χ0) is 18.8. The minimum absolute atomic E-state index is 0.0145. The van der Waals surface area contributed by atoms with Crippen LogP contribution >= 0.6 is 0 Å². The summed E-state index contributed by atoms with van der Waals surface area (Å²) < 4.78 is 10.8. The van der Waals surface area contributed by atoms with Crippen molar-refractivity contribution in [3.63, 3.8) is 0 Å². The molecule has 0 aromatic heterocycles. The maximum Gasteiger partial charge on any atom is 0.411 e. The van der Waals surface area contributed by atoms with Gasteiger partial charge in [0, 0.05) is 12.5 Å². The van der Waals surface area contributed by atoms with Gasteiger partial charge in [0.25, 0.3) is 0 Å². The van der Waals surface area contributed by atoms with Gasteiger partial charge in [-0.05, 0) is 26.8 Å². The van der Waals surface area contributed by atoms with Crippen LogP contribution < -0.4 is 4.74 Å². The molecule has 1 amide bonds.